The van der Waals surface area contributed by atoms with Gasteiger partial charge in [0.2, 0.25) is 0 Å². The summed E-state index contributed by atoms with van der Waals surface area (Å²) in [6.07, 6.45) is 20.1. The summed E-state index contributed by atoms with van der Waals surface area (Å²) in [7, 11) is 0. The Kier molecular flexibility index (Phi) is 47.3. The maximum atomic E-state index is 10.9. The monoisotopic (exact) mass is 1080 g/mol. The van der Waals surface area contributed by atoms with Gasteiger partial charge in [-0.1, -0.05) is 120 Å². The highest BCUT2D eigenvalue weighted by atomic mass is 16.6. The lowest BCUT2D eigenvalue weighted by atomic mass is 9.93. The number of aryl methyl sites for hydroxylation is 2. The summed E-state index contributed by atoms with van der Waals surface area (Å²) < 4.78 is 55.7. The first-order valence-electron chi connectivity index (χ1n) is 29.7. The number of hydrogen-bond acceptors (Lipinski definition) is 14. The maximum Gasteiger partial charge on any atom is 0.126 e. The second-order valence-electron chi connectivity index (χ2n) is 21.1. The molecule has 0 spiro atoms. The number of aliphatic hydroxyl groups is 2. The van der Waals surface area contributed by atoms with Crippen LogP contribution in [-0.4, -0.2) is 153 Å². The van der Waals surface area contributed by atoms with Crippen LogP contribution in [0, 0.1) is 23.7 Å². The summed E-state index contributed by atoms with van der Waals surface area (Å²) in [4.78, 5) is 0. The first kappa shape index (κ1) is 71.3. The molecule has 2 aromatic carbocycles. The van der Waals surface area contributed by atoms with Gasteiger partial charge in [-0.05, 0) is 110 Å². The molecule has 2 rings (SSSR count). The summed E-state index contributed by atoms with van der Waals surface area (Å²) in [5, 5.41) is 39.0. The number of unbranched alkanes of at least 4 members (excludes halogenated alkanes) is 4. The summed E-state index contributed by atoms with van der Waals surface area (Å²) >= 11 is 0. The predicted octanol–water partition coefficient (Wildman–Crippen LogP) is 11.9. The molecule has 76 heavy (non-hydrogen) atoms. The van der Waals surface area contributed by atoms with E-state index in [1.54, 1.807) is 0 Å². The lowest BCUT2D eigenvalue weighted by Gasteiger charge is -2.18. The fourth-order valence-corrected chi connectivity index (χ4v) is 8.47. The van der Waals surface area contributed by atoms with E-state index in [4.69, 9.17) is 57.6 Å². The number of aliphatic hydroxyl groups excluding tert-OH is 2. The molecule has 0 aliphatic rings. The van der Waals surface area contributed by atoms with E-state index in [0.717, 1.165) is 97.0 Å². The van der Waals surface area contributed by atoms with Gasteiger partial charge in [0.05, 0.1) is 119 Å². The Labute approximate surface area is 462 Å². The van der Waals surface area contributed by atoms with Crippen LogP contribution in [0.5, 0.6) is 23.0 Å². The number of ether oxygens (including phenoxy) is 10. The molecule has 0 heterocycles. The molecule has 0 bridgehead atoms. The SMILES string of the molecule is CCCCCc1cc(O)c(CC[C@@H](C)CCCC(C)C)c(OCCOCCOCCOCCOCCO)c1.CCCCCc1cc(O)c(CC[C@H](C)CCCC(C)C)c(OCCOCCOCCOCCOCCO)c1. The third-order valence-corrected chi connectivity index (χ3v) is 13.0. The Morgan fingerprint density at radius 2 is 0.645 bits per heavy atom. The molecule has 2 aromatic rings. The molecule has 0 aliphatic carbocycles. The van der Waals surface area contributed by atoms with Crippen LogP contribution in [0.2, 0.25) is 0 Å². The van der Waals surface area contributed by atoms with Gasteiger partial charge in [-0.25, -0.2) is 0 Å². The van der Waals surface area contributed by atoms with E-state index in [1.165, 1.54) is 64.2 Å². The topological polar surface area (TPSA) is 173 Å². The van der Waals surface area contributed by atoms with E-state index in [-0.39, 0.29) is 13.2 Å². The van der Waals surface area contributed by atoms with Gasteiger partial charge in [0.15, 0.2) is 0 Å². The number of aromatic hydroxyl groups is 2. The highest BCUT2D eigenvalue weighted by Gasteiger charge is 2.16. The van der Waals surface area contributed by atoms with E-state index in [1.807, 2.05) is 12.1 Å². The van der Waals surface area contributed by atoms with Crippen molar-refractivity contribution >= 4 is 0 Å². The maximum absolute atomic E-state index is 10.9. The number of phenols is 2. The van der Waals surface area contributed by atoms with Crippen LogP contribution >= 0.6 is 0 Å². The Bertz CT molecular complexity index is 1480. The fraction of sp³-hybridized carbons (Fsp3) is 0.806. The molecule has 4 N–H and O–H groups in total. The summed E-state index contributed by atoms with van der Waals surface area (Å²) in [6.45, 7) is 26.6. The van der Waals surface area contributed by atoms with E-state index in [9.17, 15) is 10.2 Å². The van der Waals surface area contributed by atoms with Crippen molar-refractivity contribution in [3.05, 3.63) is 46.5 Å². The number of phenolic OH excluding ortho intramolecular Hbond substituents is 2. The molecule has 0 radical (unpaired) electrons. The van der Waals surface area contributed by atoms with E-state index >= 15 is 0 Å². The van der Waals surface area contributed by atoms with Gasteiger partial charge in [-0.2, -0.15) is 0 Å². The van der Waals surface area contributed by atoms with Crippen molar-refractivity contribution in [2.45, 2.75) is 171 Å². The van der Waals surface area contributed by atoms with Crippen LogP contribution in [0.1, 0.15) is 168 Å². The average molecular weight is 1080 g/mol. The minimum atomic E-state index is 0.0289. The fourth-order valence-electron chi connectivity index (χ4n) is 8.47. The molecule has 0 amide bonds. The summed E-state index contributed by atoms with van der Waals surface area (Å²) in [6, 6.07) is 8.10. The van der Waals surface area contributed by atoms with Crippen molar-refractivity contribution < 1.29 is 67.8 Å². The zero-order chi connectivity index (χ0) is 55.7. The van der Waals surface area contributed by atoms with Gasteiger partial charge >= 0.3 is 0 Å². The predicted molar refractivity (Wildman–Crippen MR) is 307 cm³/mol. The zero-order valence-corrected chi connectivity index (χ0v) is 49.4. The van der Waals surface area contributed by atoms with Crippen molar-refractivity contribution in [2.24, 2.45) is 23.7 Å². The third kappa shape index (κ3) is 40.4. The first-order valence-corrected chi connectivity index (χ1v) is 29.7. The highest BCUT2D eigenvalue weighted by molar-refractivity contribution is 5.48. The van der Waals surface area contributed by atoms with Gasteiger partial charge < -0.3 is 67.8 Å². The van der Waals surface area contributed by atoms with Gasteiger partial charge in [-0.3, -0.25) is 0 Å². The van der Waals surface area contributed by atoms with Crippen LogP contribution in [-0.2, 0) is 63.6 Å². The van der Waals surface area contributed by atoms with Crippen molar-refractivity contribution in [3.63, 3.8) is 0 Å². The molecule has 14 nitrogen and oxygen atoms in total. The molecule has 0 fully saturated rings. The number of rotatable bonds is 52. The zero-order valence-electron chi connectivity index (χ0n) is 49.4. The average Bonchev–Trinajstić information content (AvgIpc) is 3.38. The molecule has 0 aromatic heterocycles. The molecule has 0 aliphatic heterocycles. The standard InChI is InChI=1S/2C31H56O7/c2*1-5-6-7-11-28-24-30(33)29(13-12-27(4)10-8-9-26(2)3)31(25-28)38-23-22-37-21-20-36-19-18-35-17-16-34-15-14-32/h2*24-27,32-33H,5-23H2,1-4H3/t2*27-/m10/s1. The lowest BCUT2D eigenvalue weighted by Crippen LogP contribution is -2.14. The van der Waals surface area contributed by atoms with Crippen LogP contribution in [0.3, 0.4) is 0 Å². The van der Waals surface area contributed by atoms with Gasteiger partial charge in [0.1, 0.15) is 36.2 Å². The van der Waals surface area contributed by atoms with Gasteiger partial charge in [0.25, 0.3) is 0 Å². The van der Waals surface area contributed by atoms with Gasteiger partial charge in [-0.15, -0.1) is 0 Å². The normalized spacial score (nSPS) is 12.4. The van der Waals surface area contributed by atoms with Crippen molar-refractivity contribution in [1.82, 2.24) is 0 Å². The minimum absolute atomic E-state index is 0.0289. The third-order valence-electron chi connectivity index (χ3n) is 13.0. The first-order chi connectivity index (χ1) is 36.9. The van der Waals surface area contributed by atoms with Crippen molar-refractivity contribution in [2.75, 3.05) is 132 Å². The summed E-state index contributed by atoms with van der Waals surface area (Å²) in [5.74, 6) is 5.07. The molecular formula is C62H112O14. The van der Waals surface area contributed by atoms with Crippen LogP contribution < -0.4 is 9.47 Å². The largest absolute Gasteiger partial charge is 0.508 e. The molecule has 444 valence electrons. The van der Waals surface area contributed by atoms with Gasteiger partial charge in [0, 0.05) is 11.1 Å². The minimum Gasteiger partial charge on any atom is -0.508 e. The van der Waals surface area contributed by atoms with Crippen LogP contribution in [0.15, 0.2) is 24.3 Å². The Morgan fingerprint density at radius 3 is 0.934 bits per heavy atom. The molecule has 0 unspecified atom stereocenters. The van der Waals surface area contributed by atoms with Crippen LogP contribution in [0.25, 0.3) is 0 Å². The van der Waals surface area contributed by atoms with E-state index in [2.05, 4.69) is 67.5 Å². The van der Waals surface area contributed by atoms with E-state index in [0.29, 0.717) is 142 Å². The molecule has 2 atom stereocenters. The second kappa shape index (κ2) is 50.5. The highest BCUT2D eigenvalue weighted by Crippen LogP contribution is 2.35. The second-order valence-corrected chi connectivity index (χ2v) is 21.1. The Balaban J connectivity index is 0.000000760. The number of benzene rings is 2. The Morgan fingerprint density at radius 1 is 0.342 bits per heavy atom. The van der Waals surface area contributed by atoms with Crippen molar-refractivity contribution in [3.8, 4) is 23.0 Å². The molecule has 14 heteroatoms. The quantitative estimate of drug-likeness (QED) is 0.0461. The van der Waals surface area contributed by atoms with Crippen LogP contribution in [0.4, 0.5) is 0 Å². The Hall–Kier alpha value is -2.76. The van der Waals surface area contributed by atoms with Crippen molar-refractivity contribution in [1.29, 1.82) is 0 Å². The number of hydrogen-bond donors (Lipinski definition) is 4. The lowest BCUT2D eigenvalue weighted by molar-refractivity contribution is -0.00782. The smallest absolute Gasteiger partial charge is 0.126 e. The molecule has 0 saturated carbocycles. The molecular weight excluding hydrogens is 969 g/mol. The molecule has 0 saturated heterocycles. The summed E-state index contributed by atoms with van der Waals surface area (Å²) in [5.41, 5.74) is 4.11. The van der Waals surface area contributed by atoms with E-state index < -0.39 is 0 Å².